The standard InChI is InChI=1S/C23H23N7O2/c1-15-7-3-4-8-18(15)21-27-26-20(32-21)17-11-9-16(10-12-17)19(31)24-22-25-23(29-28-22)30-13-5-2-6-14-30/h3-4,7-12H,2,5-6,13-14H2,1H3,(H2,24,25,28,29,31). The first kappa shape index (κ1) is 19.9. The topological polar surface area (TPSA) is 113 Å². The van der Waals surface area contributed by atoms with Gasteiger partial charge in [-0.05, 0) is 62.1 Å². The van der Waals surface area contributed by atoms with Crippen LogP contribution in [0.25, 0.3) is 22.9 Å². The molecule has 0 radical (unpaired) electrons. The first-order chi connectivity index (χ1) is 15.7. The van der Waals surface area contributed by atoms with Crippen LogP contribution >= 0.6 is 0 Å². The van der Waals surface area contributed by atoms with Gasteiger partial charge in [0, 0.05) is 29.8 Å². The van der Waals surface area contributed by atoms with Gasteiger partial charge in [-0.1, -0.05) is 18.2 Å². The summed E-state index contributed by atoms with van der Waals surface area (Å²) in [6.45, 7) is 3.87. The van der Waals surface area contributed by atoms with Crippen LogP contribution in [0.2, 0.25) is 0 Å². The molecule has 1 amide bonds. The van der Waals surface area contributed by atoms with Gasteiger partial charge in [0.25, 0.3) is 5.91 Å². The molecule has 162 valence electrons. The lowest BCUT2D eigenvalue weighted by molar-refractivity contribution is 0.102. The second-order valence-corrected chi connectivity index (χ2v) is 7.79. The number of amides is 1. The molecule has 1 saturated heterocycles. The first-order valence-corrected chi connectivity index (χ1v) is 10.7. The van der Waals surface area contributed by atoms with E-state index < -0.39 is 0 Å². The number of rotatable bonds is 5. The summed E-state index contributed by atoms with van der Waals surface area (Å²) in [5, 5.41) is 18.1. The average Bonchev–Trinajstić information content (AvgIpc) is 3.50. The van der Waals surface area contributed by atoms with Gasteiger partial charge in [0.05, 0.1) is 0 Å². The van der Waals surface area contributed by atoms with Crippen molar-refractivity contribution in [2.75, 3.05) is 23.3 Å². The molecule has 2 aromatic heterocycles. The first-order valence-electron chi connectivity index (χ1n) is 10.7. The van der Waals surface area contributed by atoms with Crippen molar-refractivity contribution in [3.8, 4) is 22.9 Å². The molecule has 2 N–H and O–H groups in total. The number of nitrogens with one attached hydrogen (secondary N) is 2. The van der Waals surface area contributed by atoms with Gasteiger partial charge in [-0.15, -0.1) is 15.3 Å². The minimum Gasteiger partial charge on any atom is -0.416 e. The second-order valence-electron chi connectivity index (χ2n) is 7.79. The highest BCUT2D eigenvalue weighted by molar-refractivity contribution is 6.03. The van der Waals surface area contributed by atoms with Crippen molar-refractivity contribution in [1.29, 1.82) is 0 Å². The van der Waals surface area contributed by atoms with Crippen LogP contribution in [0.3, 0.4) is 0 Å². The Morgan fingerprint density at radius 1 is 1.00 bits per heavy atom. The third-order valence-corrected chi connectivity index (χ3v) is 5.54. The summed E-state index contributed by atoms with van der Waals surface area (Å²) >= 11 is 0. The highest BCUT2D eigenvalue weighted by Gasteiger charge is 2.17. The summed E-state index contributed by atoms with van der Waals surface area (Å²) in [4.78, 5) is 19.1. The predicted octanol–water partition coefficient (Wildman–Crippen LogP) is 4.07. The third-order valence-electron chi connectivity index (χ3n) is 5.54. The van der Waals surface area contributed by atoms with Gasteiger partial charge in [0.1, 0.15) is 0 Å². The van der Waals surface area contributed by atoms with Crippen molar-refractivity contribution in [2.24, 2.45) is 0 Å². The van der Waals surface area contributed by atoms with E-state index in [-0.39, 0.29) is 5.91 Å². The Kier molecular flexibility index (Phi) is 5.37. The molecule has 4 aromatic rings. The van der Waals surface area contributed by atoms with Crippen molar-refractivity contribution >= 4 is 17.8 Å². The van der Waals surface area contributed by atoms with Crippen molar-refractivity contribution < 1.29 is 9.21 Å². The molecule has 32 heavy (non-hydrogen) atoms. The molecule has 0 saturated carbocycles. The van der Waals surface area contributed by atoms with Crippen molar-refractivity contribution in [3.05, 3.63) is 59.7 Å². The number of hydrogen-bond acceptors (Lipinski definition) is 7. The number of piperidine rings is 1. The summed E-state index contributed by atoms with van der Waals surface area (Å²) in [6, 6.07) is 14.8. The molecular weight excluding hydrogens is 406 g/mol. The van der Waals surface area contributed by atoms with Gasteiger partial charge in [-0.3, -0.25) is 10.1 Å². The molecule has 5 rings (SSSR count). The largest absolute Gasteiger partial charge is 0.416 e. The summed E-state index contributed by atoms with van der Waals surface area (Å²) < 4.78 is 5.84. The van der Waals surface area contributed by atoms with Gasteiger partial charge in [0.15, 0.2) is 0 Å². The number of benzene rings is 2. The molecule has 0 spiro atoms. The van der Waals surface area contributed by atoms with E-state index in [4.69, 9.17) is 4.42 Å². The van der Waals surface area contributed by atoms with Crippen LogP contribution in [-0.4, -0.2) is 44.4 Å². The van der Waals surface area contributed by atoms with Gasteiger partial charge in [-0.25, -0.2) is 5.10 Å². The highest BCUT2D eigenvalue weighted by atomic mass is 16.4. The van der Waals surface area contributed by atoms with Crippen molar-refractivity contribution in [1.82, 2.24) is 25.4 Å². The smallest absolute Gasteiger partial charge is 0.258 e. The maximum absolute atomic E-state index is 12.6. The zero-order valence-electron chi connectivity index (χ0n) is 17.7. The summed E-state index contributed by atoms with van der Waals surface area (Å²) in [5.74, 6) is 1.55. The quantitative estimate of drug-likeness (QED) is 0.492. The maximum Gasteiger partial charge on any atom is 0.258 e. The summed E-state index contributed by atoms with van der Waals surface area (Å²) in [7, 11) is 0. The molecule has 0 aliphatic carbocycles. The average molecular weight is 429 g/mol. The van der Waals surface area contributed by atoms with Crippen LogP contribution in [0, 0.1) is 6.92 Å². The van der Waals surface area contributed by atoms with Gasteiger partial charge in [0.2, 0.25) is 23.7 Å². The van der Waals surface area contributed by atoms with Crippen LogP contribution < -0.4 is 10.2 Å². The molecule has 0 atom stereocenters. The SMILES string of the molecule is Cc1ccccc1-c1nnc(-c2ccc(C(=O)Nc3nc(N4CCCCC4)n[nH]3)cc2)o1. The number of aryl methyl sites for hydroxylation is 1. The van der Waals surface area contributed by atoms with Crippen molar-refractivity contribution in [2.45, 2.75) is 26.2 Å². The zero-order valence-corrected chi connectivity index (χ0v) is 17.7. The van der Waals surface area contributed by atoms with Gasteiger partial charge in [-0.2, -0.15) is 4.98 Å². The predicted molar refractivity (Wildman–Crippen MR) is 120 cm³/mol. The van der Waals surface area contributed by atoms with Gasteiger partial charge >= 0.3 is 0 Å². The van der Waals surface area contributed by atoms with E-state index in [0.29, 0.717) is 29.2 Å². The number of aromatic nitrogens is 5. The van der Waals surface area contributed by atoms with Crippen LogP contribution in [0.4, 0.5) is 11.9 Å². The minimum absolute atomic E-state index is 0.274. The van der Waals surface area contributed by atoms with Crippen LogP contribution in [0.15, 0.2) is 52.9 Å². The normalized spacial score (nSPS) is 13.8. The van der Waals surface area contributed by atoms with E-state index >= 15 is 0 Å². The molecule has 1 aliphatic heterocycles. The third kappa shape index (κ3) is 4.09. The lowest BCUT2D eigenvalue weighted by atomic mass is 10.1. The number of carbonyl (C=O) groups is 1. The minimum atomic E-state index is -0.274. The number of aromatic amines is 1. The van der Waals surface area contributed by atoms with E-state index in [1.165, 1.54) is 6.42 Å². The Balaban J connectivity index is 1.26. The van der Waals surface area contributed by atoms with Gasteiger partial charge < -0.3 is 9.32 Å². The Morgan fingerprint density at radius 3 is 2.53 bits per heavy atom. The monoisotopic (exact) mass is 429 g/mol. The lowest BCUT2D eigenvalue weighted by Gasteiger charge is -2.24. The Hall–Kier alpha value is -4.01. The summed E-state index contributed by atoms with van der Waals surface area (Å²) in [5.41, 5.74) is 3.19. The van der Waals surface area contributed by atoms with E-state index in [2.05, 4.69) is 35.6 Å². The zero-order chi connectivity index (χ0) is 21.9. The molecule has 9 heteroatoms. The van der Waals surface area contributed by atoms with E-state index in [1.54, 1.807) is 24.3 Å². The Labute approximate surface area is 184 Å². The number of H-pyrrole nitrogens is 1. The van der Waals surface area contributed by atoms with E-state index in [1.807, 2.05) is 31.2 Å². The van der Waals surface area contributed by atoms with E-state index in [9.17, 15) is 4.79 Å². The molecule has 1 fully saturated rings. The van der Waals surface area contributed by atoms with Crippen molar-refractivity contribution in [3.63, 3.8) is 0 Å². The number of nitrogens with zero attached hydrogens (tertiary/aromatic N) is 5. The fourth-order valence-corrected chi connectivity index (χ4v) is 3.75. The number of carbonyl (C=O) groups excluding carboxylic acids is 1. The summed E-state index contributed by atoms with van der Waals surface area (Å²) in [6.07, 6.45) is 3.50. The number of anilines is 2. The molecule has 1 aliphatic rings. The Bertz CT molecular complexity index is 1220. The molecular formula is C23H23N7O2. The fourth-order valence-electron chi connectivity index (χ4n) is 3.75. The molecule has 0 unspecified atom stereocenters. The number of hydrogen-bond donors (Lipinski definition) is 2. The van der Waals surface area contributed by atoms with Crippen LogP contribution in [0.5, 0.6) is 0 Å². The maximum atomic E-state index is 12.6. The fraction of sp³-hybridized carbons (Fsp3) is 0.261. The lowest BCUT2D eigenvalue weighted by Crippen LogP contribution is -2.30. The molecule has 9 nitrogen and oxygen atoms in total. The molecule has 3 heterocycles. The second kappa shape index (κ2) is 8.62. The molecule has 0 bridgehead atoms. The van der Waals surface area contributed by atoms with Crippen LogP contribution in [0.1, 0.15) is 35.2 Å². The highest BCUT2D eigenvalue weighted by Crippen LogP contribution is 2.26. The van der Waals surface area contributed by atoms with Crippen LogP contribution in [-0.2, 0) is 0 Å². The van der Waals surface area contributed by atoms with E-state index in [0.717, 1.165) is 42.6 Å². The molecule has 2 aromatic carbocycles. The Morgan fingerprint density at radius 2 is 1.75 bits per heavy atom.